The van der Waals surface area contributed by atoms with Crippen molar-refractivity contribution < 1.29 is 4.79 Å². The molecule has 132 valence electrons. The standard InChI is InChI=1S/C20H25N3OS/c1-16(17-7-3-2-4-8-17)23-12-10-18(13-23)22-20(24)15-25-14-19-9-5-6-11-21-19/h2-9,11,16,18H,10,12-15H2,1H3,(H,22,24)/t16-,18+/m0/s1. The van der Waals surface area contributed by atoms with E-state index in [-0.39, 0.29) is 11.9 Å². The van der Waals surface area contributed by atoms with Gasteiger partial charge in [0.1, 0.15) is 0 Å². The number of benzene rings is 1. The Balaban J connectivity index is 1.39. The van der Waals surface area contributed by atoms with Crippen LogP contribution in [0.3, 0.4) is 0 Å². The Morgan fingerprint density at radius 1 is 1.28 bits per heavy atom. The molecule has 1 N–H and O–H groups in total. The van der Waals surface area contributed by atoms with E-state index in [4.69, 9.17) is 0 Å². The summed E-state index contributed by atoms with van der Waals surface area (Å²) in [6, 6.07) is 17.1. The molecule has 1 aromatic carbocycles. The summed E-state index contributed by atoms with van der Waals surface area (Å²) in [6.07, 6.45) is 2.81. The molecule has 1 aliphatic heterocycles. The number of carbonyl (C=O) groups is 1. The SMILES string of the molecule is C[C@@H](c1ccccc1)N1CC[C@@H](NC(=O)CSCc2ccccn2)C1. The predicted octanol–water partition coefficient (Wildman–Crippen LogP) is 3.27. The molecule has 1 amide bonds. The number of rotatable bonds is 7. The molecule has 0 aliphatic carbocycles. The molecule has 0 bridgehead atoms. The van der Waals surface area contributed by atoms with Crippen LogP contribution >= 0.6 is 11.8 Å². The summed E-state index contributed by atoms with van der Waals surface area (Å²) >= 11 is 1.61. The Hall–Kier alpha value is -1.85. The van der Waals surface area contributed by atoms with Crippen LogP contribution in [0.5, 0.6) is 0 Å². The summed E-state index contributed by atoms with van der Waals surface area (Å²) in [4.78, 5) is 18.9. The fraction of sp³-hybridized carbons (Fsp3) is 0.400. The summed E-state index contributed by atoms with van der Waals surface area (Å²) in [7, 11) is 0. The molecule has 1 aromatic heterocycles. The number of pyridine rings is 1. The third-order valence-electron chi connectivity index (χ3n) is 4.62. The second kappa shape index (κ2) is 9.02. The number of aromatic nitrogens is 1. The number of amides is 1. The van der Waals surface area contributed by atoms with Gasteiger partial charge in [0.25, 0.3) is 0 Å². The zero-order valence-electron chi connectivity index (χ0n) is 14.6. The summed E-state index contributed by atoms with van der Waals surface area (Å²) in [5.41, 5.74) is 2.35. The van der Waals surface area contributed by atoms with Crippen molar-refractivity contribution in [2.45, 2.75) is 31.2 Å². The maximum Gasteiger partial charge on any atom is 0.230 e. The van der Waals surface area contributed by atoms with E-state index in [9.17, 15) is 4.79 Å². The van der Waals surface area contributed by atoms with Crippen LogP contribution in [0.2, 0.25) is 0 Å². The van der Waals surface area contributed by atoms with Gasteiger partial charge in [-0.15, -0.1) is 11.8 Å². The predicted molar refractivity (Wildman–Crippen MR) is 103 cm³/mol. The van der Waals surface area contributed by atoms with Crippen molar-refractivity contribution in [3.8, 4) is 0 Å². The third kappa shape index (κ3) is 5.31. The first-order valence-electron chi connectivity index (χ1n) is 8.78. The van der Waals surface area contributed by atoms with E-state index in [1.165, 1.54) is 5.56 Å². The number of nitrogens with zero attached hydrogens (tertiary/aromatic N) is 2. The van der Waals surface area contributed by atoms with Gasteiger partial charge in [0.2, 0.25) is 5.91 Å². The Labute approximate surface area is 154 Å². The topological polar surface area (TPSA) is 45.2 Å². The molecule has 3 rings (SSSR count). The molecule has 0 saturated carbocycles. The molecule has 25 heavy (non-hydrogen) atoms. The quantitative estimate of drug-likeness (QED) is 0.828. The average molecular weight is 356 g/mol. The third-order valence-corrected chi connectivity index (χ3v) is 5.59. The molecule has 1 aliphatic rings. The summed E-state index contributed by atoms with van der Waals surface area (Å²) < 4.78 is 0. The number of nitrogens with one attached hydrogen (secondary N) is 1. The molecule has 0 radical (unpaired) electrons. The maximum atomic E-state index is 12.2. The highest BCUT2D eigenvalue weighted by Gasteiger charge is 2.27. The zero-order valence-corrected chi connectivity index (χ0v) is 15.4. The van der Waals surface area contributed by atoms with E-state index in [1.54, 1.807) is 18.0 Å². The molecule has 1 saturated heterocycles. The highest BCUT2D eigenvalue weighted by atomic mass is 32.2. The van der Waals surface area contributed by atoms with Crippen molar-refractivity contribution in [2.75, 3.05) is 18.8 Å². The minimum atomic E-state index is 0.125. The highest BCUT2D eigenvalue weighted by molar-refractivity contribution is 7.99. The Kier molecular flexibility index (Phi) is 6.48. The van der Waals surface area contributed by atoms with Gasteiger partial charge in [-0.3, -0.25) is 14.7 Å². The lowest BCUT2D eigenvalue weighted by molar-refractivity contribution is -0.119. The van der Waals surface area contributed by atoms with Gasteiger partial charge >= 0.3 is 0 Å². The van der Waals surface area contributed by atoms with E-state index < -0.39 is 0 Å². The van der Waals surface area contributed by atoms with Crippen LogP contribution in [0.25, 0.3) is 0 Å². The summed E-state index contributed by atoms with van der Waals surface area (Å²) in [5.74, 6) is 1.39. The molecule has 2 heterocycles. The Morgan fingerprint density at radius 2 is 2.08 bits per heavy atom. The van der Waals surface area contributed by atoms with Gasteiger partial charge in [-0.1, -0.05) is 36.4 Å². The molecule has 0 spiro atoms. The van der Waals surface area contributed by atoms with E-state index >= 15 is 0 Å². The molecule has 1 fully saturated rings. The molecule has 5 heteroatoms. The van der Waals surface area contributed by atoms with Crippen LogP contribution < -0.4 is 5.32 Å². The molecule has 2 atom stereocenters. The van der Waals surface area contributed by atoms with Gasteiger partial charge < -0.3 is 5.32 Å². The van der Waals surface area contributed by atoms with Crippen molar-refractivity contribution in [1.29, 1.82) is 0 Å². The first kappa shape index (κ1) is 18.0. The van der Waals surface area contributed by atoms with Crippen molar-refractivity contribution in [2.24, 2.45) is 0 Å². The molecular weight excluding hydrogens is 330 g/mol. The normalized spacial score (nSPS) is 18.8. The van der Waals surface area contributed by atoms with E-state index in [0.717, 1.165) is 31.0 Å². The largest absolute Gasteiger partial charge is 0.351 e. The number of thioether (sulfide) groups is 1. The van der Waals surface area contributed by atoms with E-state index in [2.05, 4.69) is 46.4 Å². The fourth-order valence-electron chi connectivity index (χ4n) is 3.20. The molecular formula is C20H25N3OS. The Bertz CT molecular complexity index is 665. The second-order valence-corrected chi connectivity index (χ2v) is 7.43. The molecule has 0 unspecified atom stereocenters. The first-order chi connectivity index (χ1) is 12.2. The minimum Gasteiger partial charge on any atom is -0.351 e. The van der Waals surface area contributed by atoms with Crippen molar-refractivity contribution in [3.05, 3.63) is 66.0 Å². The van der Waals surface area contributed by atoms with Gasteiger partial charge in [-0.2, -0.15) is 0 Å². The van der Waals surface area contributed by atoms with Crippen molar-refractivity contribution in [1.82, 2.24) is 15.2 Å². The number of hydrogen-bond donors (Lipinski definition) is 1. The lowest BCUT2D eigenvalue weighted by atomic mass is 10.1. The number of likely N-dealkylation sites (tertiary alicyclic amines) is 1. The molecule has 2 aromatic rings. The average Bonchev–Trinajstić information content (AvgIpc) is 3.11. The van der Waals surface area contributed by atoms with Crippen LogP contribution in [0.1, 0.15) is 30.6 Å². The van der Waals surface area contributed by atoms with Crippen LogP contribution in [-0.4, -0.2) is 40.7 Å². The lowest BCUT2D eigenvalue weighted by Crippen LogP contribution is -2.38. The Morgan fingerprint density at radius 3 is 2.84 bits per heavy atom. The van der Waals surface area contributed by atoms with E-state index in [0.29, 0.717) is 11.8 Å². The van der Waals surface area contributed by atoms with Gasteiger partial charge in [0, 0.05) is 37.1 Å². The van der Waals surface area contributed by atoms with Crippen LogP contribution in [0, 0.1) is 0 Å². The van der Waals surface area contributed by atoms with Gasteiger partial charge in [0.05, 0.1) is 11.4 Å². The summed E-state index contributed by atoms with van der Waals surface area (Å²) in [5, 5.41) is 3.18. The van der Waals surface area contributed by atoms with Gasteiger partial charge in [0.15, 0.2) is 0 Å². The maximum absolute atomic E-state index is 12.2. The van der Waals surface area contributed by atoms with E-state index in [1.807, 2.05) is 24.3 Å². The van der Waals surface area contributed by atoms with Gasteiger partial charge in [-0.25, -0.2) is 0 Å². The van der Waals surface area contributed by atoms with Crippen LogP contribution in [0.4, 0.5) is 0 Å². The number of carbonyl (C=O) groups excluding carboxylic acids is 1. The smallest absolute Gasteiger partial charge is 0.230 e. The monoisotopic (exact) mass is 355 g/mol. The fourth-order valence-corrected chi connectivity index (χ4v) is 3.95. The summed E-state index contributed by atoms with van der Waals surface area (Å²) in [6.45, 7) is 4.19. The van der Waals surface area contributed by atoms with Gasteiger partial charge in [-0.05, 0) is 31.0 Å². The zero-order chi connectivity index (χ0) is 17.5. The second-order valence-electron chi connectivity index (χ2n) is 6.45. The van der Waals surface area contributed by atoms with Crippen LogP contribution in [0.15, 0.2) is 54.7 Å². The highest BCUT2D eigenvalue weighted by Crippen LogP contribution is 2.24. The van der Waals surface area contributed by atoms with Crippen molar-refractivity contribution in [3.63, 3.8) is 0 Å². The minimum absolute atomic E-state index is 0.125. The van der Waals surface area contributed by atoms with Crippen molar-refractivity contribution >= 4 is 17.7 Å². The lowest BCUT2D eigenvalue weighted by Gasteiger charge is -2.24. The number of hydrogen-bond acceptors (Lipinski definition) is 4. The first-order valence-corrected chi connectivity index (χ1v) is 9.94. The molecule has 4 nitrogen and oxygen atoms in total. The van der Waals surface area contributed by atoms with Crippen LogP contribution in [-0.2, 0) is 10.5 Å².